The molecule has 0 aliphatic carbocycles. The first-order valence-electron chi connectivity index (χ1n) is 12.8. The van der Waals surface area contributed by atoms with Crippen LogP contribution in [-0.4, -0.2) is 66.6 Å². The summed E-state index contributed by atoms with van der Waals surface area (Å²) in [4.78, 5) is 17.9. The Labute approximate surface area is 199 Å². The summed E-state index contributed by atoms with van der Waals surface area (Å²) in [5.41, 5.74) is 3.78. The number of hydrogen-bond acceptors (Lipinski definition) is 4. The van der Waals surface area contributed by atoms with Gasteiger partial charge in [0, 0.05) is 31.7 Å². The fraction of sp³-hybridized carbons (Fsp3) is 0.536. The summed E-state index contributed by atoms with van der Waals surface area (Å²) in [7, 11) is 0. The number of amides is 1. The average Bonchev–Trinajstić information content (AvgIpc) is 3.29. The molecule has 2 atom stereocenters. The van der Waals surface area contributed by atoms with Gasteiger partial charge in [0.15, 0.2) is 0 Å². The predicted octanol–water partition coefficient (Wildman–Crippen LogP) is 3.90. The normalized spacial score (nSPS) is 22.5. The van der Waals surface area contributed by atoms with Gasteiger partial charge in [0.1, 0.15) is 0 Å². The third-order valence-electron chi connectivity index (χ3n) is 7.21. The second-order valence-corrected chi connectivity index (χ2v) is 9.56. The Kier molecular flexibility index (Phi) is 8.54. The summed E-state index contributed by atoms with van der Waals surface area (Å²) in [6.45, 7) is 10.3. The fourth-order valence-corrected chi connectivity index (χ4v) is 5.46. The molecule has 5 nitrogen and oxygen atoms in total. The van der Waals surface area contributed by atoms with Gasteiger partial charge in [-0.3, -0.25) is 9.69 Å². The van der Waals surface area contributed by atoms with Crippen molar-refractivity contribution in [2.45, 2.75) is 64.2 Å². The van der Waals surface area contributed by atoms with E-state index in [0.29, 0.717) is 18.6 Å². The van der Waals surface area contributed by atoms with Gasteiger partial charge in [-0.25, -0.2) is 0 Å². The third-order valence-corrected chi connectivity index (χ3v) is 7.21. The average molecular weight is 449 g/mol. The maximum Gasteiger partial charge on any atom is 0.237 e. The highest BCUT2D eigenvalue weighted by molar-refractivity contribution is 5.82. The maximum atomic E-state index is 12.9. The first kappa shape index (κ1) is 23.9. The van der Waals surface area contributed by atoms with Crippen LogP contribution in [0, 0.1) is 0 Å². The van der Waals surface area contributed by atoms with Gasteiger partial charge in [-0.05, 0) is 68.9 Å². The largest absolute Gasteiger partial charge is 0.355 e. The minimum absolute atomic E-state index is 0.00867. The molecule has 2 aliphatic rings. The quantitative estimate of drug-likeness (QED) is 0.611. The molecule has 2 aromatic carbocycles. The molecule has 0 saturated carbocycles. The van der Waals surface area contributed by atoms with Gasteiger partial charge >= 0.3 is 0 Å². The van der Waals surface area contributed by atoms with Crippen LogP contribution in [-0.2, 0) is 11.3 Å². The number of likely N-dealkylation sites (N-methyl/N-ethyl adjacent to an activating group) is 1. The van der Waals surface area contributed by atoms with Gasteiger partial charge in [0.25, 0.3) is 0 Å². The molecule has 1 amide bonds. The zero-order chi connectivity index (χ0) is 23.0. The molecule has 0 bridgehead atoms. The standard InChI is InChI=1S/C28H40N4O/c1-3-16-31-17-14-26(15-18-31)32-21-25(19-27(32)28(33)29-4-2)30-20-22-10-12-24(13-11-22)23-8-6-5-7-9-23/h5-13,25-27,30H,3-4,14-21H2,1-2H3,(H,29,33)/t25-,27+/m1/s1. The molecule has 0 unspecified atom stereocenters. The van der Waals surface area contributed by atoms with Crippen LogP contribution in [0.5, 0.6) is 0 Å². The Morgan fingerprint density at radius 3 is 2.33 bits per heavy atom. The highest BCUT2D eigenvalue weighted by Gasteiger charge is 2.40. The zero-order valence-electron chi connectivity index (χ0n) is 20.3. The van der Waals surface area contributed by atoms with Gasteiger partial charge in [-0.15, -0.1) is 0 Å². The number of carbonyl (C=O) groups excluding carboxylic acids is 1. The summed E-state index contributed by atoms with van der Waals surface area (Å²) in [5, 5.41) is 6.83. The van der Waals surface area contributed by atoms with Crippen molar-refractivity contribution in [3.05, 3.63) is 60.2 Å². The predicted molar refractivity (Wildman–Crippen MR) is 136 cm³/mol. The number of nitrogens with one attached hydrogen (secondary N) is 2. The Balaban J connectivity index is 1.34. The van der Waals surface area contributed by atoms with E-state index in [0.717, 1.165) is 32.6 Å². The zero-order valence-corrected chi connectivity index (χ0v) is 20.3. The lowest BCUT2D eigenvalue weighted by Gasteiger charge is -2.38. The van der Waals surface area contributed by atoms with Gasteiger partial charge < -0.3 is 15.5 Å². The minimum Gasteiger partial charge on any atom is -0.355 e. The monoisotopic (exact) mass is 448 g/mol. The van der Waals surface area contributed by atoms with Crippen LogP contribution < -0.4 is 10.6 Å². The van der Waals surface area contributed by atoms with Crippen molar-refractivity contribution in [1.82, 2.24) is 20.4 Å². The van der Waals surface area contributed by atoms with Gasteiger partial charge in [0.05, 0.1) is 6.04 Å². The van der Waals surface area contributed by atoms with Crippen LogP contribution in [0.2, 0.25) is 0 Å². The molecule has 0 radical (unpaired) electrons. The van der Waals surface area contributed by atoms with Crippen molar-refractivity contribution in [1.29, 1.82) is 0 Å². The summed E-state index contributed by atoms with van der Waals surface area (Å²) in [6.07, 6.45) is 4.45. The lowest BCUT2D eigenvalue weighted by molar-refractivity contribution is -0.126. The summed E-state index contributed by atoms with van der Waals surface area (Å²) in [6, 6.07) is 20.2. The van der Waals surface area contributed by atoms with Crippen LogP contribution in [0.1, 0.15) is 45.1 Å². The molecule has 2 aromatic rings. The van der Waals surface area contributed by atoms with Gasteiger partial charge in [0.2, 0.25) is 5.91 Å². The van der Waals surface area contributed by atoms with E-state index < -0.39 is 0 Å². The second kappa shape index (κ2) is 11.8. The van der Waals surface area contributed by atoms with E-state index in [1.165, 1.54) is 42.5 Å². The van der Waals surface area contributed by atoms with Crippen LogP contribution in [0.4, 0.5) is 0 Å². The number of carbonyl (C=O) groups is 1. The van der Waals surface area contributed by atoms with Crippen molar-refractivity contribution in [2.24, 2.45) is 0 Å². The SMILES string of the molecule is CCCN1CCC(N2C[C@H](NCc3ccc(-c4ccccc4)cc3)C[C@H]2C(=O)NCC)CC1. The Morgan fingerprint density at radius 2 is 1.67 bits per heavy atom. The van der Waals surface area contributed by atoms with Crippen molar-refractivity contribution in [3.63, 3.8) is 0 Å². The van der Waals surface area contributed by atoms with E-state index in [2.05, 4.69) is 82.0 Å². The van der Waals surface area contributed by atoms with E-state index in [9.17, 15) is 4.79 Å². The first-order chi connectivity index (χ1) is 16.2. The lowest BCUT2D eigenvalue weighted by atomic mass is 10.0. The number of hydrogen-bond donors (Lipinski definition) is 2. The topological polar surface area (TPSA) is 47.6 Å². The van der Waals surface area contributed by atoms with Crippen LogP contribution in [0.15, 0.2) is 54.6 Å². The summed E-state index contributed by atoms with van der Waals surface area (Å²) >= 11 is 0. The minimum atomic E-state index is -0.00867. The van der Waals surface area contributed by atoms with E-state index in [1.54, 1.807) is 0 Å². The van der Waals surface area contributed by atoms with Crippen molar-refractivity contribution in [2.75, 3.05) is 32.7 Å². The van der Waals surface area contributed by atoms with Crippen molar-refractivity contribution >= 4 is 5.91 Å². The van der Waals surface area contributed by atoms with E-state index >= 15 is 0 Å². The van der Waals surface area contributed by atoms with Crippen LogP contribution >= 0.6 is 0 Å². The first-order valence-corrected chi connectivity index (χ1v) is 12.8. The van der Waals surface area contributed by atoms with Gasteiger partial charge in [-0.1, -0.05) is 61.5 Å². The molecule has 0 spiro atoms. The second-order valence-electron chi connectivity index (χ2n) is 9.56. The highest BCUT2D eigenvalue weighted by Crippen LogP contribution is 2.27. The number of likely N-dealkylation sites (tertiary alicyclic amines) is 2. The molecular weight excluding hydrogens is 408 g/mol. The van der Waals surface area contributed by atoms with Crippen molar-refractivity contribution < 1.29 is 4.79 Å². The maximum absolute atomic E-state index is 12.9. The molecule has 33 heavy (non-hydrogen) atoms. The highest BCUT2D eigenvalue weighted by atomic mass is 16.2. The number of benzene rings is 2. The van der Waals surface area contributed by atoms with E-state index in [-0.39, 0.29) is 11.9 Å². The number of nitrogens with zero attached hydrogens (tertiary/aromatic N) is 2. The lowest BCUT2D eigenvalue weighted by Crippen LogP contribution is -2.51. The molecule has 0 aromatic heterocycles. The molecule has 2 N–H and O–H groups in total. The molecule has 5 heteroatoms. The van der Waals surface area contributed by atoms with Crippen molar-refractivity contribution in [3.8, 4) is 11.1 Å². The van der Waals surface area contributed by atoms with Crippen LogP contribution in [0.3, 0.4) is 0 Å². The fourth-order valence-electron chi connectivity index (χ4n) is 5.46. The van der Waals surface area contributed by atoms with E-state index in [4.69, 9.17) is 0 Å². The van der Waals surface area contributed by atoms with E-state index in [1.807, 2.05) is 6.92 Å². The molecule has 4 rings (SSSR count). The summed E-state index contributed by atoms with van der Waals surface area (Å²) in [5.74, 6) is 0.199. The molecule has 2 heterocycles. The molecule has 2 saturated heterocycles. The summed E-state index contributed by atoms with van der Waals surface area (Å²) < 4.78 is 0. The van der Waals surface area contributed by atoms with Crippen LogP contribution in [0.25, 0.3) is 11.1 Å². The Hall–Kier alpha value is -2.21. The number of rotatable bonds is 9. The molecule has 2 fully saturated rings. The smallest absolute Gasteiger partial charge is 0.237 e. The third kappa shape index (κ3) is 6.23. The Bertz CT molecular complexity index is 861. The Morgan fingerprint density at radius 1 is 0.970 bits per heavy atom. The molecular formula is C28H40N4O. The molecule has 2 aliphatic heterocycles. The number of piperidine rings is 1. The molecule has 178 valence electrons. The van der Waals surface area contributed by atoms with Gasteiger partial charge in [-0.2, -0.15) is 0 Å².